The standard InChI is InChI=1S/C17H27NO/c1-13(2)15-8-6-14(7-9-15)10-18-11-16-4-3-5-17(16)12-19/h6-9,13,16-19H,3-5,10-12H2,1-2H3. The highest BCUT2D eigenvalue weighted by molar-refractivity contribution is 5.24. The molecule has 2 N–H and O–H groups in total. The molecule has 1 fully saturated rings. The Balaban J connectivity index is 1.76. The molecule has 2 atom stereocenters. The lowest BCUT2D eigenvalue weighted by Gasteiger charge is -2.18. The van der Waals surface area contributed by atoms with Crippen molar-refractivity contribution in [2.24, 2.45) is 11.8 Å². The molecule has 2 heteroatoms. The van der Waals surface area contributed by atoms with Crippen molar-refractivity contribution >= 4 is 0 Å². The van der Waals surface area contributed by atoms with Crippen LogP contribution in [0.2, 0.25) is 0 Å². The summed E-state index contributed by atoms with van der Waals surface area (Å²) >= 11 is 0. The quantitative estimate of drug-likeness (QED) is 0.823. The minimum absolute atomic E-state index is 0.357. The van der Waals surface area contributed by atoms with Crippen LogP contribution < -0.4 is 5.32 Å². The Morgan fingerprint density at radius 3 is 2.47 bits per heavy atom. The summed E-state index contributed by atoms with van der Waals surface area (Å²) in [4.78, 5) is 0. The molecule has 1 aromatic rings. The Kier molecular flexibility index (Phi) is 5.41. The van der Waals surface area contributed by atoms with Crippen LogP contribution in [0.25, 0.3) is 0 Å². The van der Waals surface area contributed by atoms with Crippen LogP contribution in [0.15, 0.2) is 24.3 Å². The van der Waals surface area contributed by atoms with Crippen LogP contribution in [0, 0.1) is 11.8 Å². The van der Waals surface area contributed by atoms with Crippen molar-refractivity contribution in [2.75, 3.05) is 13.2 Å². The molecule has 1 aliphatic carbocycles. The minimum Gasteiger partial charge on any atom is -0.396 e. The molecule has 0 heterocycles. The molecule has 0 radical (unpaired) electrons. The molecule has 2 nitrogen and oxygen atoms in total. The number of aliphatic hydroxyl groups is 1. The van der Waals surface area contributed by atoms with Crippen molar-refractivity contribution in [3.05, 3.63) is 35.4 Å². The van der Waals surface area contributed by atoms with Crippen molar-refractivity contribution in [2.45, 2.75) is 45.6 Å². The van der Waals surface area contributed by atoms with E-state index >= 15 is 0 Å². The van der Waals surface area contributed by atoms with Gasteiger partial charge in [-0.25, -0.2) is 0 Å². The van der Waals surface area contributed by atoms with E-state index in [0.717, 1.165) is 13.1 Å². The zero-order valence-electron chi connectivity index (χ0n) is 12.2. The number of hydrogen-bond acceptors (Lipinski definition) is 2. The highest BCUT2D eigenvalue weighted by atomic mass is 16.3. The van der Waals surface area contributed by atoms with Crippen molar-refractivity contribution in [3.8, 4) is 0 Å². The lowest BCUT2D eigenvalue weighted by Crippen LogP contribution is -2.26. The summed E-state index contributed by atoms with van der Waals surface area (Å²) in [7, 11) is 0. The SMILES string of the molecule is CC(C)c1ccc(CNCC2CCCC2CO)cc1. The van der Waals surface area contributed by atoms with Gasteiger partial charge in [0, 0.05) is 13.2 Å². The van der Waals surface area contributed by atoms with E-state index in [0.29, 0.717) is 24.4 Å². The molecule has 0 aliphatic heterocycles. The summed E-state index contributed by atoms with van der Waals surface area (Å²) < 4.78 is 0. The van der Waals surface area contributed by atoms with E-state index in [1.165, 1.54) is 30.4 Å². The van der Waals surface area contributed by atoms with Gasteiger partial charge in [-0.2, -0.15) is 0 Å². The first-order chi connectivity index (χ1) is 9.20. The summed E-state index contributed by atoms with van der Waals surface area (Å²) in [6.45, 7) is 6.78. The number of hydrogen-bond donors (Lipinski definition) is 2. The number of rotatable bonds is 6. The van der Waals surface area contributed by atoms with Crippen molar-refractivity contribution in [1.82, 2.24) is 5.32 Å². The van der Waals surface area contributed by atoms with E-state index < -0.39 is 0 Å². The molecule has 2 unspecified atom stereocenters. The Labute approximate surface area is 117 Å². The van der Waals surface area contributed by atoms with Crippen LogP contribution in [-0.2, 0) is 6.54 Å². The second-order valence-electron chi connectivity index (χ2n) is 6.16. The molecule has 0 saturated heterocycles. The zero-order valence-corrected chi connectivity index (χ0v) is 12.2. The average Bonchev–Trinajstić information content (AvgIpc) is 2.87. The summed E-state index contributed by atoms with van der Waals surface area (Å²) in [6.07, 6.45) is 3.75. The molecule has 0 bridgehead atoms. The lowest BCUT2D eigenvalue weighted by atomic mass is 9.97. The van der Waals surface area contributed by atoms with Crippen molar-refractivity contribution in [1.29, 1.82) is 0 Å². The summed E-state index contributed by atoms with van der Waals surface area (Å²) in [5.41, 5.74) is 2.75. The molecule has 0 aromatic heterocycles. The molecule has 1 saturated carbocycles. The summed E-state index contributed by atoms with van der Waals surface area (Å²) in [5.74, 6) is 1.79. The van der Waals surface area contributed by atoms with E-state index in [2.05, 4.69) is 43.4 Å². The van der Waals surface area contributed by atoms with Gasteiger partial charge >= 0.3 is 0 Å². The third kappa shape index (κ3) is 4.05. The van der Waals surface area contributed by atoms with E-state index in [1.807, 2.05) is 0 Å². The largest absolute Gasteiger partial charge is 0.396 e. The van der Waals surface area contributed by atoms with Gasteiger partial charge in [0.2, 0.25) is 0 Å². The van der Waals surface area contributed by atoms with Gasteiger partial charge < -0.3 is 10.4 Å². The van der Waals surface area contributed by atoms with E-state index in [4.69, 9.17) is 0 Å². The predicted molar refractivity (Wildman–Crippen MR) is 80.2 cm³/mol. The second-order valence-corrected chi connectivity index (χ2v) is 6.16. The average molecular weight is 261 g/mol. The van der Waals surface area contributed by atoms with Gasteiger partial charge in [0.25, 0.3) is 0 Å². The molecular weight excluding hydrogens is 234 g/mol. The van der Waals surface area contributed by atoms with Gasteiger partial charge in [-0.05, 0) is 48.3 Å². The zero-order chi connectivity index (χ0) is 13.7. The van der Waals surface area contributed by atoms with Crippen LogP contribution in [0.4, 0.5) is 0 Å². The fourth-order valence-electron chi connectivity index (χ4n) is 3.05. The van der Waals surface area contributed by atoms with Crippen LogP contribution >= 0.6 is 0 Å². The highest BCUT2D eigenvalue weighted by Gasteiger charge is 2.25. The monoisotopic (exact) mass is 261 g/mol. The van der Waals surface area contributed by atoms with Crippen LogP contribution in [-0.4, -0.2) is 18.3 Å². The van der Waals surface area contributed by atoms with Crippen molar-refractivity contribution < 1.29 is 5.11 Å². The van der Waals surface area contributed by atoms with Gasteiger partial charge in [0.15, 0.2) is 0 Å². The first kappa shape index (κ1) is 14.5. The van der Waals surface area contributed by atoms with E-state index in [1.54, 1.807) is 0 Å². The maximum absolute atomic E-state index is 9.31. The summed E-state index contributed by atoms with van der Waals surface area (Å²) in [5, 5.41) is 12.9. The molecule has 1 aromatic carbocycles. The van der Waals surface area contributed by atoms with Gasteiger partial charge in [-0.15, -0.1) is 0 Å². The molecule has 0 amide bonds. The Morgan fingerprint density at radius 1 is 1.16 bits per heavy atom. The molecule has 1 aliphatic rings. The van der Waals surface area contributed by atoms with Crippen LogP contribution in [0.5, 0.6) is 0 Å². The van der Waals surface area contributed by atoms with Gasteiger partial charge in [0.1, 0.15) is 0 Å². The predicted octanol–water partition coefficient (Wildman–Crippen LogP) is 3.31. The van der Waals surface area contributed by atoms with E-state index in [9.17, 15) is 5.11 Å². The number of nitrogens with one attached hydrogen (secondary N) is 1. The normalized spacial score (nSPS) is 23.2. The summed E-state index contributed by atoms with van der Waals surface area (Å²) in [6, 6.07) is 8.91. The molecule has 19 heavy (non-hydrogen) atoms. The minimum atomic E-state index is 0.357. The number of benzene rings is 1. The third-order valence-corrected chi connectivity index (χ3v) is 4.43. The van der Waals surface area contributed by atoms with Gasteiger partial charge in [-0.3, -0.25) is 0 Å². The Morgan fingerprint density at radius 2 is 1.84 bits per heavy atom. The topological polar surface area (TPSA) is 32.3 Å². The Hall–Kier alpha value is -0.860. The van der Waals surface area contributed by atoms with Crippen LogP contribution in [0.3, 0.4) is 0 Å². The maximum Gasteiger partial charge on any atom is 0.0462 e. The molecule has 0 spiro atoms. The maximum atomic E-state index is 9.31. The van der Waals surface area contributed by atoms with Crippen molar-refractivity contribution in [3.63, 3.8) is 0 Å². The second kappa shape index (κ2) is 7.06. The third-order valence-electron chi connectivity index (χ3n) is 4.43. The fraction of sp³-hybridized carbons (Fsp3) is 0.647. The first-order valence-corrected chi connectivity index (χ1v) is 7.61. The van der Waals surface area contributed by atoms with E-state index in [-0.39, 0.29) is 0 Å². The molecular formula is C17H27NO. The highest BCUT2D eigenvalue weighted by Crippen LogP contribution is 2.30. The Bertz CT molecular complexity index is 371. The lowest BCUT2D eigenvalue weighted by molar-refractivity contribution is 0.192. The first-order valence-electron chi connectivity index (χ1n) is 7.61. The van der Waals surface area contributed by atoms with Crippen LogP contribution in [0.1, 0.15) is 50.2 Å². The van der Waals surface area contributed by atoms with Gasteiger partial charge in [0.05, 0.1) is 0 Å². The van der Waals surface area contributed by atoms with Gasteiger partial charge in [-0.1, -0.05) is 44.5 Å². The smallest absolute Gasteiger partial charge is 0.0462 e. The molecule has 106 valence electrons. The number of aliphatic hydroxyl groups excluding tert-OH is 1. The molecule has 2 rings (SSSR count). The fourth-order valence-corrected chi connectivity index (χ4v) is 3.05.